The van der Waals surface area contributed by atoms with E-state index in [-0.39, 0.29) is 17.5 Å². The molecule has 9 heteroatoms. The molecule has 4 rings (SSSR count). The van der Waals surface area contributed by atoms with Crippen molar-refractivity contribution < 1.29 is 19.1 Å². The van der Waals surface area contributed by atoms with Gasteiger partial charge in [-0.05, 0) is 50.1 Å². The van der Waals surface area contributed by atoms with E-state index in [1.807, 2.05) is 31.2 Å². The van der Waals surface area contributed by atoms with E-state index in [0.29, 0.717) is 36.8 Å². The standard InChI is InChI=1S/C26H29N5O4/c1-17-5-7-19(8-6-17)16-30-13-4-14-31-23(26(30)34)15-22(29-31)25(33)27-18(2)24(32)28-20-9-11-21(35-3)12-10-20/h5-12,15,18H,4,13-14,16H2,1-3H3,(H,27,33)(H,28,32). The van der Waals surface area contributed by atoms with E-state index in [2.05, 4.69) is 15.7 Å². The minimum atomic E-state index is -0.806. The van der Waals surface area contributed by atoms with Gasteiger partial charge in [0, 0.05) is 31.4 Å². The van der Waals surface area contributed by atoms with E-state index in [1.54, 1.807) is 47.9 Å². The third kappa shape index (κ3) is 5.68. The summed E-state index contributed by atoms with van der Waals surface area (Å²) >= 11 is 0. The second-order valence-corrected chi connectivity index (χ2v) is 8.62. The highest BCUT2D eigenvalue weighted by Crippen LogP contribution is 2.18. The van der Waals surface area contributed by atoms with Crippen molar-refractivity contribution in [3.05, 3.63) is 77.1 Å². The summed E-state index contributed by atoms with van der Waals surface area (Å²) in [7, 11) is 1.57. The number of rotatable bonds is 7. The molecule has 0 saturated heterocycles. The molecule has 1 atom stereocenters. The van der Waals surface area contributed by atoms with Crippen LogP contribution in [0.15, 0.2) is 54.6 Å². The normalized spacial score (nSPS) is 14.0. The summed E-state index contributed by atoms with van der Waals surface area (Å²) in [5, 5.41) is 9.75. The molecule has 0 bridgehead atoms. The average molecular weight is 476 g/mol. The predicted octanol–water partition coefficient (Wildman–Crippen LogP) is 3.00. The summed E-state index contributed by atoms with van der Waals surface area (Å²) in [5.41, 5.74) is 3.28. The maximum absolute atomic E-state index is 13.2. The van der Waals surface area contributed by atoms with Crippen LogP contribution in [0.5, 0.6) is 5.75 Å². The number of anilines is 1. The Morgan fingerprint density at radius 1 is 1.09 bits per heavy atom. The Hall–Kier alpha value is -4.14. The summed E-state index contributed by atoms with van der Waals surface area (Å²) in [4.78, 5) is 40.3. The van der Waals surface area contributed by atoms with E-state index in [9.17, 15) is 14.4 Å². The Morgan fingerprint density at radius 3 is 2.49 bits per heavy atom. The molecule has 0 aliphatic carbocycles. The Balaban J connectivity index is 1.40. The van der Waals surface area contributed by atoms with E-state index < -0.39 is 11.9 Å². The van der Waals surface area contributed by atoms with Crippen molar-refractivity contribution in [3.8, 4) is 5.75 Å². The van der Waals surface area contributed by atoms with Crippen LogP contribution in [-0.2, 0) is 17.9 Å². The van der Waals surface area contributed by atoms with Crippen LogP contribution in [0.3, 0.4) is 0 Å². The molecule has 0 saturated carbocycles. The molecular weight excluding hydrogens is 446 g/mol. The molecule has 0 spiro atoms. The molecule has 0 fully saturated rings. The molecule has 1 unspecified atom stereocenters. The van der Waals surface area contributed by atoms with Gasteiger partial charge in [-0.3, -0.25) is 19.1 Å². The van der Waals surface area contributed by atoms with Crippen LogP contribution >= 0.6 is 0 Å². The minimum Gasteiger partial charge on any atom is -0.497 e. The van der Waals surface area contributed by atoms with Crippen LogP contribution in [-0.4, -0.2) is 52.1 Å². The molecule has 1 aromatic heterocycles. The van der Waals surface area contributed by atoms with E-state index in [4.69, 9.17) is 4.74 Å². The lowest BCUT2D eigenvalue weighted by Gasteiger charge is -2.20. The Morgan fingerprint density at radius 2 is 1.80 bits per heavy atom. The molecule has 2 aromatic carbocycles. The van der Waals surface area contributed by atoms with Crippen LogP contribution in [0.2, 0.25) is 0 Å². The maximum Gasteiger partial charge on any atom is 0.272 e. The lowest BCUT2D eigenvalue weighted by Crippen LogP contribution is -2.41. The van der Waals surface area contributed by atoms with Gasteiger partial charge in [-0.25, -0.2) is 0 Å². The van der Waals surface area contributed by atoms with Crippen molar-refractivity contribution in [2.24, 2.45) is 0 Å². The lowest BCUT2D eigenvalue weighted by atomic mass is 10.1. The second-order valence-electron chi connectivity index (χ2n) is 8.62. The van der Waals surface area contributed by atoms with Gasteiger partial charge in [0.1, 0.15) is 17.5 Å². The van der Waals surface area contributed by atoms with Gasteiger partial charge >= 0.3 is 0 Å². The number of carbonyl (C=O) groups is 3. The number of amides is 3. The smallest absolute Gasteiger partial charge is 0.272 e. The van der Waals surface area contributed by atoms with Crippen molar-refractivity contribution in [2.75, 3.05) is 19.0 Å². The molecule has 2 heterocycles. The molecule has 9 nitrogen and oxygen atoms in total. The maximum atomic E-state index is 13.2. The largest absolute Gasteiger partial charge is 0.497 e. The number of carbonyl (C=O) groups excluding carboxylic acids is 3. The summed E-state index contributed by atoms with van der Waals surface area (Å²) < 4.78 is 6.69. The SMILES string of the molecule is COc1ccc(NC(=O)C(C)NC(=O)c2cc3n(n2)CCCN(Cc2ccc(C)cc2)C3=O)cc1. The van der Waals surface area contributed by atoms with Crippen LogP contribution in [0.4, 0.5) is 5.69 Å². The van der Waals surface area contributed by atoms with Gasteiger partial charge in [-0.1, -0.05) is 29.8 Å². The van der Waals surface area contributed by atoms with Crippen molar-refractivity contribution in [1.82, 2.24) is 20.0 Å². The zero-order valence-electron chi connectivity index (χ0n) is 20.1. The molecule has 3 aromatic rings. The van der Waals surface area contributed by atoms with E-state index in [1.165, 1.54) is 6.07 Å². The third-order valence-electron chi connectivity index (χ3n) is 5.91. The quantitative estimate of drug-likeness (QED) is 0.547. The molecular formula is C26H29N5O4. The van der Waals surface area contributed by atoms with Crippen molar-refractivity contribution in [2.45, 2.75) is 39.4 Å². The summed E-state index contributed by atoms with van der Waals surface area (Å²) in [6.07, 6.45) is 0.730. The molecule has 0 radical (unpaired) electrons. The minimum absolute atomic E-state index is 0.106. The Bertz CT molecular complexity index is 1220. The van der Waals surface area contributed by atoms with Gasteiger partial charge in [0.05, 0.1) is 7.11 Å². The number of fused-ring (bicyclic) bond motifs is 1. The predicted molar refractivity (Wildman–Crippen MR) is 131 cm³/mol. The lowest BCUT2D eigenvalue weighted by molar-refractivity contribution is -0.117. The first kappa shape index (κ1) is 24.0. The molecule has 1 aliphatic heterocycles. The van der Waals surface area contributed by atoms with Crippen molar-refractivity contribution in [3.63, 3.8) is 0 Å². The fourth-order valence-corrected chi connectivity index (χ4v) is 3.87. The fraction of sp³-hybridized carbons (Fsp3) is 0.308. The third-order valence-corrected chi connectivity index (χ3v) is 5.91. The zero-order valence-corrected chi connectivity index (χ0v) is 20.1. The summed E-state index contributed by atoms with van der Waals surface area (Å²) in [5.74, 6) is -0.374. The van der Waals surface area contributed by atoms with Crippen LogP contribution in [0, 0.1) is 6.92 Å². The second kappa shape index (κ2) is 10.4. The highest BCUT2D eigenvalue weighted by Gasteiger charge is 2.27. The first-order valence-corrected chi connectivity index (χ1v) is 11.5. The molecule has 2 N–H and O–H groups in total. The number of nitrogens with zero attached hydrogens (tertiary/aromatic N) is 3. The number of nitrogens with one attached hydrogen (secondary N) is 2. The number of aromatic nitrogens is 2. The van der Waals surface area contributed by atoms with Crippen LogP contribution in [0.25, 0.3) is 0 Å². The van der Waals surface area contributed by atoms with Gasteiger partial charge in [-0.2, -0.15) is 5.10 Å². The topological polar surface area (TPSA) is 106 Å². The van der Waals surface area contributed by atoms with Gasteiger partial charge in [-0.15, -0.1) is 0 Å². The Kier molecular flexibility index (Phi) is 7.14. The van der Waals surface area contributed by atoms with E-state index in [0.717, 1.165) is 17.5 Å². The number of methoxy groups -OCH3 is 1. The van der Waals surface area contributed by atoms with Crippen molar-refractivity contribution >= 4 is 23.4 Å². The average Bonchev–Trinajstić information content (AvgIpc) is 3.23. The summed E-state index contributed by atoms with van der Waals surface area (Å²) in [6.45, 7) is 5.25. The van der Waals surface area contributed by atoms with Crippen molar-refractivity contribution in [1.29, 1.82) is 0 Å². The monoisotopic (exact) mass is 475 g/mol. The number of hydrogen-bond acceptors (Lipinski definition) is 5. The number of ether oxygens (including phenoxy) is 1. The zero-order chi connectivity index (χ0) is 24.9. The van der Waals surface area contributed by atoms with Gasteiger partial charge in [0.25, 0.3) is 11.8 Å². The van der Waals surface area contributed by atoms with Crippen LogP contribution in [0.1, 0.15) is 45.4 Å². The fourth-order valence-electron chi connectivity index (χ4n) is 3.87. The molecule has 3 amide bonds. The highest BCUT2D eigenvalue weighted by molar-refractivity contribution is 6.01. The van der Waals surface area contributed by atoms with Gasteiger partial charge < -0.3 is 20.3 Å². The molecule has 35 heavy (non-hydrogen) atoms. The van der Waals surface area contributed by atoms with Crippen LogP contribution < -0.4 is 15.4 Å². The number of hydrogen-bond donors (Lipinski definition) is 2. The van der Waals surface area contributed by atoms with E-state index >= 15 is 0 Å². The first-order chi connectivity index (χ1) is 16.8. The Labute approximate surface area is 204 Å². The molecule has 182 valence electrons. The summed E-state index contributed by atoms with van der Waals surface area (Å²) in [6, 6.07) is 15.7. The highest BCUT2D eigenvalue weighted by atomic mass is 16.5. The number of benzene rings is 2. The molecule has 1 aliphatic rings. The van der Waals surface area contributed by atoms with Gasteiger partial charge in [0.15, 0.2) is 5.69 Å². The first-order valence-electron chi connectivity index (χ1n) is 11.5. The number of aryl methyl sites for hydroxylation is 2. The van der Waals surface area contributed by atoms with Gasteiger partial charge in [0.2, 0.25) is 5.91 Å².